The van der Waals surface area contributed by atoms with Crippen molar-refractivity contribution in [2.24, 2.45) is 28.1 Å². The van der Waals surface area contributed by atoms with Crippen molar-refractivity contribution < 1.29 is 29.3 Å². The smallest absolute Gasteiger partial charge is 0.311 e. The van der Waals surface area contributed by atoms with E-state index in [0.717, 1.165) is 51.4 Å². The lowest BCUT2D eigenvalue weighted by Gasteiger charge is -2.51. The fourth-order valence-corrected chi connectivity index (χ4v) is 10.3. The number of aliphatic hydroxyl groups excluding tert-OH is 2. The summed E-state index contributed by atoms with van der Waals surface area (Å²) in [6, 6.07) is 14.0. The molecule has 0 saturated heterocycles. The first-order chi connectivity index (χ1) is 24.0. The maximum absolute atomic E-state index is 13.8. The summed E-state index contributed by atoms with van der Waals surface area (Å²) in [5.74, 6) is 1.16. The summed E-state index contributed by atoms with van der Waals surface area (Å²) in [5.41, 5.74) is 6.04. The molecule has 51 heavy (non-hydrogen) atoms. The molecule has 4 aliphatic carbocycles. The van der Waals surface area contributed by atoms with Crippen LogP contribution in [0, 0.1) is 28.1 Å². The molecule has 0 radical (unpaired) electrons. The van der Waals surface area contributed by atoms with Crippen LogP contribution < -0.4 is 0 Å². The van der Waals surface area contributed by atoms with Crippen molar-refractivity contribution in [2.75, 3.05) is 26.4 Å². The van der Waals surface area contributed by atoms with Crippen LogP contribution in [0.1, 0.15) is 152 Å². The van der Waals surface area contributed by atoms with Gasteiger partial charge in [-0.15, -0.1) is 0 Å². The molecule has 280 valence electrons. The zero-order valence-electron chi connectivity index (χ0n) is 32.7. The van der Waals surface area contributed by atoms with E-state index < -0.39 is 29.5 Å². The molecule has 2 aromatic rings. The van der Waals surface area contributed by atoms with Gasteiger partial charge in [-0.05, 0) is 146 Å². The number of hydrogen-bond donors (Lipinski definition) is 2. The monoisotopic (exact) mass is 700 g/mol. The molecule has 0 heterocycles. The zero-order chi connectivity index (χ0) is 37.0. The highest BCUT2D eigenvalue weighted by atomic mass is 16.6. The zero-order valence-corrected chi connectivity index (χ0v) is 32.7. The highest BCUT2D eigenvalue weighted by molar-refractivity contribution is 5.77. The van der Waals surface area contributed by atoms with E-state index in [1.165, 1.54) is 33.4 Å². The summed E-state index contributed by atoms with van der Waals surface area (Å²) in [6.07, 6.45) is 8.87. The maximum Gasteiger partial charge on any atom is 0.311 e. The molecule has 6 nitrogen and oxygen atoms in total. The number of aryl methyl sites for hydroxylation is 2. The molecule has 6 rings (SSSR count). The van der Waals surface area contributed by atoms with E-state index in [1.807, 2.05) is 13.8 Å². The standard InChI is InChI=1S/C45H64O6/c1-29(2)31-11-15-37-33(21-31)9-13-35-23-41(5,17-19-43(35,37)7)39(48)50-27-45(25-46,26-47)28-51-40(49)42(6)18-20-44(8)36(24-42)14-10-34-22-32(30(3)4)12-16-38(34)44/h11-12,15-16,21-22,29-30,35-36,46-47H,9-10,13-14,17-20,23-28H2,1-8H3. The lowest BCUT2D eigenvalue weighted by molar-refractivity contribution is -0.174. The van der Waals surface area contributed by atoms with E-state index in [9.17, 15) is 19.8 Å². The molecule has 2 fully saturated rings. The van der Waals surface area contributed by atoms with Crippen LogP contribution in [0.2, 0.25) is 0 Å². The summed E-state index contributed by atoms with van der Waals surface area (Å²) in [4.78, 5) is 27.6. The van der Waals surface area contributed by atoms with Gasteiger partial charge in [0.1, 0.15) is 13.2 Å². The molecule has 0 aliphatic heterocycles. The van der Waals surface area contributed by atoms with Gasteiger partial charge < -0.3 is 19.7 Å². The van der Waals surface area contributed by atoms with E-state index in [-0.39, 0.29) is 36.0 Å². The summed E-state index contributed by atoms with van der Waals surface area (Å²) < 4.78 is 11.9. The Morgan fingerprint density at radius 1 is 0.686 bits per heavy atom. The van der Waals surface area contributed by atoms with Crippen molar-refractivity contribution in [3.05, 3.63) is 69.8 Å². The van der Waals surface area contributed by atoms with Crippen LogP contribution in [-0.2, 0) is 42.7 Å². The minimum absolute atomic E-state index is 0.0298. The molecule has 4 aliphatic rings. The SMILES string of the molecule is CC(C)c1ccc2c(c1)CCC1CC(C)(C(=O)OCC(CO)(CO)COC(=O)C3(C)CCC4(C)c5ccc(C(C)C)cc5CCC4C3)CCC21C. The van der Waals surface area contributed by atoms with Gasteiger partial charge in [-0.3, -0.25) is 9.59 Å². The Morgan fingerprint density at radius 3 is 1.43 bits per heavy atom. The van der Waals surface area contributed by atoms with Gasteiger partial charge in [0, 0.05) is 0 Å². The number of ether oxygens (including phenoxy) is 2. The molecule has 0 aromatic heterocycles. The number of carbonyl (C=O) groups is 2. The average molecular weight is 701 g/mol. The van der Waals surface area contributed by atoms with Crippen LogP contribution in [-0.4, -0.2) is 48.6 Å². The topological polar surface area (TPSA) is 93.1 Å². The van der Waals surface area contributed by atoms with Crippen LogP contribution in [0.3, 0.4) is 0 Å². The number of rotatable bonds is 10. The van der Waals surface area contributed by atoms with E-state index in [4.69, 9.17) is 9.47 Å². The molecule has 0 amide bonds. The fourth-order valence-electron chi connectivity index (χ4n) is 10.3. The van der Waals surface area contributed by atoms with Gasteiger partial charge in [0.2, 0.25) is 0 Å². The van der Waals surface area contributed by atoms with Gasteiger partial charge in [0.25, 0.3) is 0 Å². The Kier molecular flexibility index (Phi) is 10.4. The van der Waals surface area contributed by atoms with E-state index in [1.54, 1.807) is 0 Å². The highest BCUT2D eigenvalue weighted by Gasteiger charge is 2.53. The van der Waals surface area contributed by atoms with Crippen LogP contribution in [0.15, 0.2) is 36.4 Å². The van der Waals surface area contributed by atoms with Gasteiger partial charge in [-0.25, -0.2) is 0 Å². The summed E-state index contributed by atoms with van der Waals surface area (Å²) in [7, 11) is 0. The first kappa shape index (κ1) is 38.0. The molecule has 0 bridgehead atoms. The number of fused-ring (bicyclic) bond motifs is 6. The van der Waals surface area contributed by atoms with Crippen LogP contribution in [0.4, 0.5) is 0 Å². The van der Waals surface area contributed by atoms with Crippen LogP contribution in [0.5, 0.6) is 0 Å². The molecule has 6 heteroatoms. The quantitative estimate of drug-likeness (QED) is 0.241. The highest BCUT2D eigenvalue weighted by Crippen LogP contribution is 2.57. The largest absolute Gasteiger partial charge is 0.464 e. The second-order valence-corrected chi connectivity index (χ2v) is 18.9. The van der Waals surface area contributed by atoms with E-state index >= 15 is 0 Å². The van der Waals surface area contributed by atoms with Gasteiger partial charge in [0.05, 0.1) is 29.5 Å². The lowest BCUT2D eigenvalue weighted by Crippen LogP contribution is -2.50. The number of aliphatic hydroxyl groups is 2. The number of benzene rings is 2. The number of hydrogen-bond acceptors (Lipinski definition) is 6. The van der Waals surface area contributed by atoms with Crippen LogP contribution in [0.25, 0.3) is 0 Å². The van der Waals surface area contributed by atoms with Crippen molar-refractivity contribution >= 4 is 11.9 Å². The first-order valence-corrected chi connectivity index (χ1v) is 19.8. The summed E-state index contributed by atoms with van der Waals surface area (Å²) in [6.45, 7) is 16.4. The van der Waals surface area contributed by atoms with Gasteiger partial charge in [0.15, 0.2) is 0 Å². The Hall–Kier alpha value is -2.70. The minimum atomic E-state index is -1.26. The molecular formula is C45H64O6. The first-order valence-electron chi connectivity index (χ1n) is 19.8. The summed E-state index contributed by atoms with van der Waals surface area (Å²) in [5, 5.41) is 21.0. The van der Waals surface area contributed by atoms with Crippen molar-refractivity contribution in [3.63, 3.8) is 0 Å². The average Bonchev–Trinajstić information content (AvgIpc) is 3.12. The predicted molar refractivity (Wildman–Crippen MR) is 202 cm³/mol. The van der Waals surface area contributed by atoms with Gasteiger partial charge in [-0.2, -0.15) is 0 Å². The second-order valence-electron chi connectivity index (χ2n) is 18.9. The minimum Gasteiger partial charge on any atom is -0.464 e. The number of esters is 2. The molecular weight excluding hydrogens is 636 g/mol. The Morgan fingerprint density at radius 2 is 1.08 bits per heavy atom. The van der Waals surface area contributed by atoms with Gasteiger partial charge in [-0.1, -0.05) is 77.9 Å². The predicted octanol–water partition coefficient (Wildman–Crippen LogP) is 8.71. The van der Waals surface area contributed by atoms with E-state index in [2.05, 4.69) is 77.9 Å². The Bertz CT molecular complexity index is 1510. The molecule has 6 unspecified atom stereocenters. The van der Waals surface area contributed by atoms with Crippen molar-refractivity contribution in [1.82, 2.24) is 0 Å². The second kappa shape index (κ2) is 13.9. The molecule has 2 saturated carbocycles. The third-order valence-corrected chi connectivity index (χ3v) is 14.6. The van der Waals surface area contributed by atoms with E-state index in [0.29, 0.717) is 36.5 Å². The molecule has 2 N–H and O–H groups in total. The van der Waals surface area contributed by atoms with Gasteiger partial charge >= 0.3 is 11.9 Å². The molecule has 2 aromatic carbocycles. The third-order valence-electron chi connectivity index (χ3n) is 14.6. The van der Waals surface area contributed by atoms with Crippen molar-refractivity contribution in [2.45, 2.75) is 142 Å². The fraction of sp³-hybridized carbons (Fsp3) is 0.689. The number of carbonyl (C=O) groups excluding carboxylic acids is 2. The maximum atomic E-state index is 13.8. The Balaban J connectivity index is 1.06. The normalized spacial score (nSPS) is 31.7. The lowest BCUT2D eigenvalue weighted by atomic mass is 9.53. The Labute approximate surface area is 307 Å². The van der Waals surface area contributed by atoms with Crippen molar-refractivity contribution in [1.29, 1.82) is 0 Å². The molecule has 0 spiro atoms. The molecule has 6 atom stereocenters. The third kappa shape index (κ3) is 6.82. The van der Waals surface area contributed by atoms with Crippen molar-refractivity contribution in [3.8, 4) is 0 Å². The van der Waals surface area contributed by atoms with Crippen LogP contribution >= 0.6 is 0 Å². The summed E-state index contributed by atoms with van der Waals surface area (Å²) >= 11 is 0.